The van der Waals surface area contributed by atoms with Crippen LogP contribution in [0.2, 0.25) is 5.02 Å². The van der Waals surface area contributed by atoms with Crippen LogP contribution in [0.3, 0.4) is 0 Å². The molecule has 2 aliphatic rings. The molecule has 0 radical (unpaired) electrons. The van der Waals surface area contributed by atoms with Crippen molar-refractivity contribution in [2.45, 2.75) is 31.1 Å². The Hall–Kier alpha value is -1.58. The van der Waals surface area contributed by atoms with Crippen molar-refractivity contribution in [3.8, 4) is 0 Å². The van der Waals surface area contributed by atoms with Crippen LogP contribution in [0.4, 0.5) is 5.69 Å². The molecule has 1 N–H and O–H groups in total. The number of carbonyl (C=O) groups excluding carboxylic acids is 1. The van der Waals surface area contributed by atoms with Crippen LogP contribution in [0.1, 0.15) is 18.4 Å². The zero-order valence-electron chi connectivity index (χ0n) is 13.9. The Morgan fingerprint density at radius 3 is 2.77 bits per heavy atom. The van der Waals surface area contributed by atoms with Crippen LogP contribution in [-0.4, -0.2) is 53.4 Å². The Morgan fingerprint density at radius 2 is 2.08 bits per heavy atom. The Labute approximate surface area is 160 Å². The molecule has 10 heteroatoms. The zero-order chi connectivity index (χ0) is 19.1. The van der Waals surface area contributed by atoms with Gasteiger partial charge in [0.1, 0.15) is 0 Å². The number of aliphatic carboxylic acids is 1. The summed E-state index contributed by atoms with van der Waals surface area (Å²) >= 11 is 7.45. The van der Waals surface area contributed by atoms with Crippen molar-refractivity contribution < 1.29 is 23.1 Å². The molecule has 0 spiro atoms. The van der Waals surface area contributed by atoms with Gasteiger partial charge in [-0.2, -0.15) is 4.99 Å². The van der Waals surface area contributed by atoms with E-state index in [0.717, 1.165) is 5.56 Å². The van der Waals surface area contributed by atoms with E-state index in [4.69, 9.17) is 16.7 Å². The molecule has 1 aromatic carbocycles. The lowest BCUT2D eigenvalue weighted by Gasteiger charge is -2.26. The summed E-state index contributed by atoms with van der Waals surface area (Å²) in [5.41, 5.74) is 1.48. The van der Waals surface area contributed by atoms with Crippen LogP contribution in [0.25, 0.3) is 0 Å². The third kappa shape index (κ3) is 3.89. The maximum Gasteiger partial charge on any atom is 0.303 e. The lowest BCUT2D eigenvalue weighted by atomic mass is 10.1. The summed E-state index contributed by atoms with van der Waals surface area (Å²) in [6, 6.07) is 4.98. The summed E-state index contributed by atoms with van der Waals surface area (Å²) < 4.78 is 24.1. The summed E-state index contributed by atoms with van der Waals surface area (Å²) in [6.45, 7) is 1.82. The molecule has 3 rings (SSSR count). The molecule has 1 amide bonds. The molecular weight excluding hydrogens is 400 g/mol. The van der Waals surface area contributed by atoms with Gasteiger partial charge in [-0.3, -0.25) is 9.59 Å². The minimum absolute atomic E-state index is 0.0149. The molecule has 0 unspecified atom stereocenters. The number of thioether (sulfide) groups is 1. The second-order valence-electron chi connectivity index (χ2n) is 6.24. The van der Waals surface area contributed by atoms with Gasteiger partial charge in [0.15, 0.2) is 15.0 Å². The minimum Gasteiger partial charge on any atom is -0.481 e. The largest absolute Gasteiger partial charge is 0.481 e. The SMILES string of the molecule is Cc1c(Cl)cccc1N1C(=NC(=O)CCC(=O)O)S[C@H]2CS(=O)(=O)C[C@H]21. The molecule has 0 bridgehead atoms. The molecule has 0 saturated carbocycles. The second kappa shape index (κ2) is 7.21. The standard InChI is InChI=1S/C16H17ClN2O5S2/c1-9-10(17)3-2-4-11(9)19-12-7-26(23,24)8-13(12)25-16(19)18-14(20)5-6-15(21)22/h2-4,12-13H,5-8H2,1H3,(H,21,22)/t12-,13+/m1/s1. The number of amidine groups is 1. The molecule has 2 atom stereocenters. The van der Waals surface area contributed by atoms with E-state index in [0.29, 0.717) is 15.9 Å². The number of anilines is 1. The average molecular weight is 417 g/mol. The molecule has 2 fully saturated rings. The Balaban J connectivity index is 1.97. The van der Waals surface area contributed by atoms with Crippen molar-refractivity contribution in [2.24, 2.45) is 4.99 Å². The fourth-order valence-corrected chi connectivity index (χ4v) is 7.17. The van der Waals surface area contributed by atoms with Crippen LogP contribution in [0, 0.1) is 6.92 Å². The Bertz CT molecular complexity index is 900. The van der Waals surface area contributed by atoms with Gasteiger partial charge in [-0.15, -0.1) is 0 Å². The van der Waals surface area contributed by atoms with Gasteiger partial charge in [-0.1, -0.05) is 29.4 Å². The van der Waals surface area contributed by atoms with Crippen LogP contribution < -0.4 is 4.90 Å². The molecule has 2 heterocycles. The number of benzene rings is 1. The number of fused-ring (bicyclic) bond motifs is 1. The third-order valence-corrected chi connectivity index (χ3v) is 7.96. The summed E-state index contributed by atoms with van der Waals surface area (Å²) in [7, 11) is -3.16. The van der Waals surface area contributed by atoms with Crippen molar-refractivity contribution >= 4 is 55.9 Å². The minimum atomic E-state index is -3.16. The highest BCUT2D eigenvalue weighted by atomic mass is 35.5. The van der Waals surface area contributed by atoms with E-state index in [1.165, 1.54) is 11.8 Å². The molecule has 1 aromatic rings. The predicted molar refractivity (Wildman–Crippen MR) is 102 cm³/mol. The van der Waals surface area contributed by atoms with Crippen molar-refractivity contribution in [2.75, 3.05) is 16.4 Å². The molecule has 2 aliphatic heterocycles. The highest BCUT2D eigenvalue weighted by Crippen LogP contribution is 2.42. The topological polar surface area (TPSA) is 104 Å². The number of carbonyl (C=O) groups is 2. The van der Waals surface area contributed by atoms with Crippen molar-refractivity contribution in [1.29, 1.82) is 0 Å². The van der Waals surface area contributed by atoms with E-state index in [1.807, 2.05) is 13.0 Å². The number of hydrogen-bond acceptors (Lipinski definition) is 5. The molecule has 0 aromatic heterocycles. The van der Waals surface area contributed by atoms with Gasteiger partial charge in [0, 0.05) is 22.4 Å². The van der Waals surface area contributed by atoms with E-state index < -0.39 is 21.7 Å². The fraction of sp³-hybridized carbons (Fsp3) is 0.438. The van der Waals surface area contributed by atoms with Gasteiger partial charge in [-0.05, 0) is 24.6 Å². The fourth-order valence-electron chi connectivity index (χ4n) is 3.08. The predicted octanol–water partition coefficient (Wildman–Crippen LogP) is 2.11. The summed E-state index contributed by atoms with van der Waals surface area (Å²) in [5.74, 6) is -1.59. The highest BCUT2D eigenvalue weighted by molar-refractivity contribution is 8.16. The van der Waals surface area contributed by atoms with Crippen LogP contribution in [0.15, 0.2) is 23.2 Å². The maximum absolute atomic E-state index is 12.0. The summed E-state index contributed by atoms with van der Waals surface area (Å²) in [5, 5.41) is 9.43. The molecule has 2 saturated heterocycles. The van der Waals surface area contributed by atoms with E-state index >= 15 is 0 Å². The number of aliphatic imine (C=N–C) groups is 1. The molecule has 7 nitrogen and oxygen atoms in total. The number of nitrogens with zero attached hydrogens (tertiary/aromatic N) is 2. The summed E-state index contributed by atoms with van der Waals surface area (Å²) in [6.07, 6.45) is -0.493. The van der Waals surface area contributed by atoms with E-state index in [9.17, 15) is 18.0 Å². The third-order valence-electron chi connectivity index (χ3n) is 4.34. The highest BCUT2D eigenvalue weighted by Gasteiger charge is 2.49. The number of hydrogen-bond donors (Lipinski definition) is 1. The van der Waals surface area contributed by atoms with E-state index in [1.54, 1.807) is 17.0 Å². The normalized spacial score (nSPS) is 25.5. The Kier molecular flexibility index (Phi) is 5.32. The van der Waals surface area contributed by atoms with Crippen LogP contribution >= 0.6 is 23.4 Å². The van der Waals surface area contributed by atoms with Crippen LogP contribution in [0.5, 0.6) is 0 Å². The molecule has 140 valence electrons. The van der Waals surface area contributed by atoms with Crippen LogP contribution in [-0.2, 0) is 19.4 Å². The van der Waals surface area contributed by atoms with Crippen molar-refractivity contribution in [3.05, 3.63) is 28.8 Å². The first-order valence-corrected chi connectivity index (χ1v) is 11.0. The second-order valence-corrected chi connectivity index (χ2v) is 10.0. The number of carboxylic acid groups (broad SMARTS) is 1. The smallest absolute Gasteiger partial charge is 0.303 e. The monoisotopic (exact) mass is 416 g/mol. The Morgan fingerprint density at radius 1 is 1.35 bits per heavy atom. The van der Waals surface area contributed by atoms with Gasteiger partial charge in [0.25, 0.3) is 0 Å². The van der Waals surface area contributed by atoms with Gasteiger partial charge < -0.3 is 10.0 Å². The molecule has 26 heavy (non-hydrogen) atoms. The van der Waals surface area contributed by atoms with E-state index in [2.05, 4.69) is 4.99 Å². The first kappa shape index (κ1) is 19.2. The number of sulfone groups is 1. The van der Waals surface area contributed by atoms with Gasteiger partial charge >= 0.3 is 5.97 Å². The van der Waals surface area contributed by atoms with Gasteiger partial charge in [0.2, 0.25) is 5.91 Å². The van der Waals surface area contributed by atoms with Crippen molar-refractivity contribution in [1.82, 2.24) is 0 Å². The number of carboxylic acids is 1. The first-order valence-electron chi connectivity index (χ1n) is 7.92. The van der Waals surface area contributed by atoms with E-state index in [-0.39, 0.29) is 35.6 Å². The lowest BCUT2D eigenvalue weighted by molar-refractivity contribution is -0.138. The number of rotatable bonds is 4. The number of amides is 1. The zero-order valence-corrected chi connectivity index (χ0v) is 16.3. The lowest BCUT2D eigenvalue weighted by Crippen LogP contribution is -2.38. The summed E-state index contributed by atoms with van der Waals surface area (Å²) in [4.78, 5) is 28.5. The van der Waals surface area contributed by atoms with Crippen molar-refractivity contribution in [3.63, 3.8) is 0 Å². The van der Waals surface area contributed by atoms with Gasteiger partial charge in [0.05, 0.1) is 24.0 Å². The first-order chi connectivity index (χ1) is 12.2. The molecular formula is C16H17ClN2O5S2. The number of halogens is 1. The maximum atomic E-state index is 12.0. The quantitative estimate of drug-likeness (QED) is 0.801. The average Bonchev–Trinajstić information content (AvgIpc) is 2.99. The molecule has 0 aliphatic carbocycles. The van der Waals surface area contributed by atoms with Gasteiger partial charge in [-0.25, -0.2) is 8.42 Å².